The molecule has 126 valence electrons. The molecule has 2 aromatic carbocycles. The van der Waals surface area contributed by atoms with Gasteiger partial charge in [-0.15, -0.1) is 0 Å². The lowest BCUT2D eigenvalue weighted by atomic mass is 9.85. The lowest BCUT2D eigenvalue weighted by Crippen LogP contribution is -2.16. The maximum Gasteiger partial charge on any atom is 0.182 e. The van der Waals surface area contributed by atoms with Crippen molar-refractivity contribution in [3.8, 4) is 11.1 Å². The number of benzene rings is 3. The standard InChI is InChI=1S/C23H16O3/c1-12-10-15(14-6-4-3-5-7-14)11-13(2)18(12)21-22(24)19-16-8-9-17(26-16)20(19)23(21)25/h3-11,21H,1-2H3. The van der Waals surface area contributed by atoms with Gasteiger partial charge in [0.2, 0.25) is 0 Å². The van der Waals surface area contributed by atoms with Gasteiger partial charge in [0.1, 0.15) is 17.1 Å². The van der Waals surface area contributed by atoms with Crippen LogP contribution >= 0.6 is 0 Å². The van der Waals surface area contributed by atoms with Crippen LogP contribution in [0.4, 0.5) is 0 Å². The molecule has 2 heterocycles. The predicted molar refractivity (Wildman–Crippen MR) is 100 cm³/mol. The fourth-order valence-electron chi connectivity index (χ4n) is 4.24. The monoisotopic (exact) mass is 340 g/mol. The molecule has 0 aliphatic heterocycles. The number of hydrogen-bond acceptors (Lipinski definition) is 3. The highest BCUT2D eigenvalue weighted by atomic mass is 16.3. The Bertz CT molecular complexity index is 1110. The van der Waals surface area contributed by atoms with E-state index in [0.717, 1.165) is 27.8 Å². The van der Waals surface area contributed by atoms with Crippen molar-refractivity contribution >= 4 is 22.7 Å². The summed E-state index contributed by atoms with van der Waals surface area (Å²) in [5, 5.41) is 0. The third kappa shape index (κ3) is 1.88. The first-order chi connectivity index (χ1) is 12.6. The fourth-order valence-corrected chi connectivity index (χ4v) is 4.24. The molecular weight excluding hydrogens is 324 g/mol. The predicted octanol–water partition coefficient (Wildman–Crippen LogP) is 5.32. The molecule has 1 aliphatic rings. The normalized spacial score (nSPS) is 14.5. The number of Topliss-reactive ketones (excluding diaryl/α,β-unsaturated/α-hetero) is 2. The molecule has 0 spiro atoms. The molecule has 0 N–H and O–H groups in total. The zero-order valence-electron chi connectivity index (χ0n) is 14.5. The molecule has 2 bridgehead atoms. The minimum atomic E-state index is -0.751. The number of furan rings is 2. The molecule has 4 aromatic rings. The number of aryl methyl sites for hydroxylation is 2. The van der Waals surface area contributed by atoms with Crippen LogP contribution in [0.3, 0.4) is 0 Å². The van der Waals surface area contributed by atoms with Crippen LogP contribution in [0, 0.1) is 13.8 Å². The van der Waals surface area contributed by atoms with Gasteiger partial charge in [0.25, 0.3) is 0 Å². The molecule has 0 amide bonds. The van der Waals surface area contributed by atoms with Crippen LogP contribution in [0.5, 0.6) is 0 Å². The molecule has 0 saturated carbocycles. The number of hydrogen-bond donors (Lipinski definition) is 0. The van der Waals surface area contributed by atoms with Gasteiger partial charge in [0.05, 0.1) is 11.1 Å². The zero-order valence-corrected chi connectivity index (χ0v) is 14.5. The molecule has 0 saturated heterocycles. The molecule has 0 radical (unpaired) electrons. The van der Waals surface area contributed by atoms with E-state index in [4.69, 9.17) is 4.42 Å². The molecule has 0 fully saturated rings. The van der Waals surface area contributed by atoms with Crippen molar-refractivity contribution in [1.29, 1.82) is 0 Å². The molecule has 3 nitrogen and oxygen atoms in total. The average molecular weight is 340 g/mol. The largest absolute Gasteiger partial charge is 0.456 e. The van der Waals surface area contributed by atoms with Crippen LogP contribution in [0.1, 0.15) is 43.3 Å². The fraction of sp³-hybridized carbons (Fsp3) is 0.130. The van der Waals surface area contributed by atoms with Crippen LogP contribution in [-0.4, -0.2) is 11.6 Å². The Morgan fingerprint density at radius 1 is 0.731 bits per heavy atom. The number of ketones is 2. The second-order valence-corrected chi connectivity index (χ2v) is 6.97. The average Bonchev–Trinajstić information content (AvgIpc) is 3.31. The van der Waals surface area contributed by atoms with Gasteiger partial charge in [-0.2, -0.15) is 0 Å². The third-order valence-corrected chi connectivity index (χ3v) is 5.36. The van der Waals surface area contributed by atoms with Crippen molar-refractivity contribution in [3.05, 3.63) is 82.4 Å². The van der Waals surface area contributed by atoms with Crippen LogP contribution in [0.2, 0.25) is 0 Å². The van der Waals surface area contributed by atoms with Gasteiger partial charge in [-0.25, -0.2) is 0 Å². The lowest BCUT2D eigenvalue weighted by Gasteiger charge is -2.17. The van der Waals surface area contributed by atoms with Crippen LogP contribution in [0.25, 0.3) is 22.3 Å². The third-order valence-electron chi connectivity index (χ3n) is 5.36. The quantitative estimate of drug-likeness (QED) is 0.464. The zero-order chi connectivity index (χ0) is 18.0. The maximum absolute atomic E-state index is 13.0. The summed E-state index contributed by atoms with van der Waals surface area (Å²) in [6.45, 7) is 3.95. The minimum Gasteiger partial charge on any atom is -0.456 e. The molecule has 2 aromatic heterocycles. The van der Waals surface area contributed by atoms with Gasteiger partial charge in [-0.05, 0) is 53.8 Å². The Morgan fingerprint density at radius 3 is 1.81 bits per heavy atom. The maximum atomic E-state index is 13.0. The smallest absolute Gasteiger partial charge is 0.182 e. The number of carbonyl (C=O) groups excluding carboxylic acids is 2. The molecule has 0 unspecified atom stereocenters. The Labute approximate surface area is 150 Å². The van der Waals surface area contributed by atoms with Gasteiger partial charge in [-0.3, -0.25) is 9.59 Å². The van der Waals surface area contributed by atoms with Crippen molar-refractivity contribution in [2.45, 2.75) is 19.8 Å². The topological polar surface area (TPSA) is 47.3 Å². The molecule has 5 rings (SSSR count). The SMILES string of the molecule is Cc1cc(-c2ccccc2)cc(C)c1C1C(=O)c2c(c3ccc2o3)C1=O. The minimum absolute atomic E-state index is 0.141. The Hall–Kier alpha value is -3.20. The van der Waals surface area contributed by atoms with Gasteiger partial charge < -0.3 is 4.42 Å². The summed E-state index contributed by atoms with van der Waals surface area (Å²) < 4.78 is 5.51. The summed E-state index contributed by atoms with van der Waals surface area (Å²) in [5.41, 5.74) is 6.94. The van der Waals surface area contributed by atoms with Crippen molar-refractivity contribution in [3.63, 3.8) is 0 Å². The highest BCUT2D eigenvalue weighted by molar-refractivity contribution is 6.35. The number of carbonyl (C=O) groups is 2. The Balaban J connectivity index is 1.64. The highest BCUT2D eigenvalue weighted by Crippen LogP contribution is 2.43. The van der Waals surface area contributed by atoms with E-state index >= 15 is 0 Å². The van der Waals surface area contributed by atoms with Crippen molar-refractivity contribution in [2.24, 2.45) is 0 Å². The first-order valence-electron chi connectivity index (χ1n) is 8.66. The van der Waals surface area contributed by atoms with E-state index in [1.807, 2.05) is 32.0 Å². The summed E-state index contributed by atoms with van der Waals surface area (Å²) in [6.07, 6.45) is 0. The summed E-state index contributed by atoms with van der Waals surface area (Å²) in [6, 6.07) is 17.8. The van der Waals surface area contributed by atoms with E-state index in [2.05, 4.69) is 24.3 Å². The molecular formula is C23H16O3. The van der Waals surface area contributed by atoms with Crippen LogP contribution in [0.15, 0.2) is 59.0 Å². The Kier molecular flexibility index (Phi) is 2.99. The first-order valence-corrected chi connectivity index (χ1v) is 8.66. The number of rotatable bonds is 2. The summed E-state index contributed by atoms with van der Waals surface area (Å²) in [7, 11) is 0. The lowest BCUT2D eigenvalue weighted by molar-refractivity contribution is 0.0889. The highest BCUT2D eigenvalue weighted by Gasteiger charge is 2.45. The van der Waals surface area contributed by atoms with E-state index in [0.29, 0.717) is 22.3 Å². The van der Waals surface area contributed by atoms with Gasteiger partial charge in [-0.1, -0.05) is 42.5 Å². The molecule has 26 heavy (non-hydrogen) atoms. The number of fused-ring (bicyclic) bond motifs is 5. The van der Waals surface area contributed by atoms with E-state index in [1.54, 1.807) is 12.1 Å². The van der Waals surface area contributed by atoms with E-state index < -0.39 is 5.92 Å². The van der Waals surface area contributed by atoms with Gasteiger partial charge in [0.15, 0.2) is 11.6 Å². The summed E-state index contributed by atoms with van der Waals surface area (Å²) >= 11 is 0. The van der Waals surface area contributed by atoms with Gasteiger partial charge >= 0.3 is 0 Å². The van der Waals surface area contributed by atoms with Crippen LogP contribution < -0.4 is 0 Å². The molecule has 0 atom stereocenters. The van der Waals surface area contributed by atoms with E-state index in [1.165, 1.54) is 0 Å². The molecule has 1 aliphatic carbocycles. The second kappa shape index (κ2) is 5.15. The Morgan fingerprint density at radius 2 is 1.27 bits per heavy atom. The summed E-state index contributed by atoms with van der Waals surface area (Å²) in [5.74, 6) is -1.03. The van der Waals surface area contributed by atoms with Crippen molar-refractivity contribution < 1.29 is 14.0 Å². The van der Waals surface area contributed by atoms with Crippen molar-refractivity contribution in [2.75, 3.05) is 0 Å². The van der Waals surface area contributed by atoms with Crippen LogP contribution in [-0.2, 0) is 0 Å². The summed E-state index contributed by atoms with van der Waals surface area (Å²) in [4.78, 5) is 26.0. The van der Waals surface area contributed by atoms with E-state index in [-0.39, 0.29) is 11.6 Å². The second-order valence-electron chi connectivity index (χ2n) is 6.97. The molecule has 3 heteroatoms. The van der Waals surface area contributed by atoms with E-state index in [9.17, 15) is 9.59 Å². The van der Waals surface area contributed by atoms with Crippen molar-refractivity contribution in [1.82, 2.24) is 0 Å². The first kappa shape index (κ1) is 15.1. The van der Waals surface area contributed by atoms with Gasteiger partial charge in [0, 0.05) is 0 Å².